The van der Waals surface area contributed by atoms with E-state index in [2.05, 4.69) is 122 Å². The standard InChI is InChI=1S/C28H23Br/c1-28(2,3)25-17-16-22(18-10-4-5-11-19(18)25)26-20-12-6-8-14-23(20)27(29)24-15-9-7-13-21(24)26/h4-17H,1-3H3. The summed E-state index contributed by atoms with van der Waals surface area (Å²) in [6.07, 6.45) is 0. The molecule has 0 N–H and O–H groups in total. The monoisotopic (exact) mass is 438 g/mol. The molecule has 1 heteroatoms. The fourth-order valence-corrected chi connectivity index (χ4v) is 5.23. The van der Waals surface area contributed by atoms with Crippen LogP contribution in [0.15, 0.2) is 89.4 Å². The first-order valence-corrected chi connectivity index (χ1v) is 10.9. The maximum Gasteiger partial charge on any atom is 0.0332 e. The summed E-state index contributed by atoms with van der Waals surface area (Å²) in [4.78, 5) is 0. The molecule has 0 fully saturated rings. The Morgan fingerprint density at radius 3 is 1.48 bits per heavy atom. The Morgan fingerprint density at radius 2 is 0.966 bits per heavy atom. The van der Waals surface area contributed by atoms with Crippen LogP contribution in [0.25, 0.3) is 43.4 Å². The summed E-state index contributed by atoms with van der Waals surface area (Å²) < 4.78 is 1.17. The van der Waals surface area contributed by atoms with Gasteiger partial charge in [0.2, 0.25) is 0 Å². The Hall–Kier alpha value is -2.64. The molecule has 5 aromatic carbocycles. The number of fused-ring (bicyclic) bond motifs is 3. The molecule has 0 aliphatic carbocycles. The number of benzene rings is 5. The second kappa shape index (κ2) is 6.71. The van der Waals surface area contributed by atoms with Crippen molar-refractivity contribution in [3.8, 4) is 11.1 Å². The molecule has 0 saturated heterocycles. The van der Waals surface area contributed by atoms with Gasteiger partial charge in [0.25, 0.3) is 0 Å². The summed E-state index contributed by atoms with van der Waals surface area (Å²) in [7, 11) is 0. The van der Waals surface area contributed by atoms with E-state index >= 15 is 0 Å². The number of rotatable bonds is 1. The van der Waals surface area contributed by atoms with E-state index in [9.17, 15) is 0 Å². The van der Waals surface area contributed by atoms with Crippen molar-refractivity contribution < 1.29 is 0 Å². The second-order valence-corrected chi connectivity index (χ2v) is 9.53. The van der Waals surface area contributed by atoms with Crippen LogP contribution in [0, 0.1) is 0 Å². The van der Waals surface area contributed by atoms with Crippen molar-refractivity contribution in [2.75, 3.05) is 0 Å². The summed E-state index contributed by atoms with van der Waals surface area (Å²) in [5.41, 5.74) is 4.11. The van der Waals surface area contributed by atoms with Gasteiger partial charge in [-0.3, -0.25) is 0 Å². The smallest absolute Gasteiger partial charge is 0.0332 e. The summed E-state index contributed by atoms with van der Waals surface area (Å²) in [6.45, 7) is 6.87. The van der Waals surface area contributed by atoms with Gasteiger partial charge in [0.05, 0.1) is 0 Å². The third kappa shape index (κ3) is 2.88. The zero-order chi connectivity index (χ0) is 20.2. The minimum atomic E-state index is 0.0992. The molecule has 0 nitrogen and oxygen atoms in total. The van der Waals surface area contributed by atoms with Crippen molar-refractivity contribution in [2.45, 2.75) is 26.2 Å². The molecule has 0 heterocycles. The van der Waals surface area contributed by atoms with Gasteiger partial charge in [-0.2, -0.15) is 0 Å². The van der Waals surface area contributed by atoms with Crippen molar-refractivity contribution in [1.29, 1.82) is 0 Å². The van der Waals surface area contributed by atoms with Gasteiger partial charge in [0.1, 0.15) is 0 Å². The molecule has 29 heavy (non-hydrogen) atoms. The Kier molecular flexibility index (Phi) is 4.26. The average Bonchev–Trinajstić information content (AvgIpc) is 2.73. The molecule has 0 saturated carbocycles. The molecule has 0 aliphatic heterocycles. The SMILES string of the molecule is CC(C)(C)c1ccc(-c2c3ccccc3c(Br)c3ccccc23)c2ccccc12. The Labute approximate surface area is 180 Å². The number of hydrogen-bond acceptors (Lipinski definition) is 0. The third-order valence-corrected chi connectivity index (χ3v) is 6.72. The first-order valence-electron chi connectivity index (χ1n) is 10.1. The average molecular weight is 439 g/mol. The molecule has 0 bridgehead atoms. The van der Waals surface area contributed by atoms with Crippen LogP contribution < -0.4 is 0 Å². The van der Waals surface area contributed by atoms with Gasteiger partial charge in [0.15, 0.2) is 0 Å². The van der Waals surface area contributed by atoms with Crippen LogP contribution in [-0.2, 0) is 5.41 Å². The van der Waals surface area contributed by atoms with E-state index in [0.717, 1.165) is 0 Å². The van der Waals surface area contributed by atoms with Crippen molar-refractivity contribution in [2.24, 2.45) is 0 Å². The molecular weight excluding hydrogens is 416 g/mol. The van der Waals surface area contributed by atoms with Gasteiger partial charge in [-0.25, -0.2) is 0 Å². The van der Waals surface area contributed by atoms with Crippen LogP contribution in [0.2, 0.25) is 0 Å². The normalized spacial score (nSPS) is 12.1. The summed E-state index contributed by atoms with van der Waals surface area (Å²) in [6, 6.07) is 30.9. The Balaban J connectivity index is 2.00. The lowest BCUT2D eigenvalue weighted by atomic mass is 9.81. The molecule has 142 valence electrons. The highest BCUT2D eigenvalue weighted by Gasteiger charge is 2.20. The Bertz CT molecular complexity index is 1330. The van der Waals surface area contributed by atoms with E-state index in [0.29, 0.717) is 0 Å². The maximum atomic E-state index is 3.88. The topological polar surface area (TPSA) is 0 Å². The minimum absolute atomic E-state index is 0.0992. The van der Waals surface area contributed by atoms with Gasteiger partial charge in [0, 0.05) is 4.47 Å². The summed E-state index contributed by atoms with van der Waals surface area (Å²) in [5, 5.41) is 7.74. The summed E-state index contributed by atoms with van der Waals surface area (Å²) >= 11 is 3.88. The minimum Gasteiger partial charge on any atom is -0.0616 e. The molecule has 0 atom stereocenters. The highest BCUT2D eigenvalue weighted by Crippen LogP contribution is 2.44. The molecular formula is C28H23Br. The van der Waals surface area contributed by atoms with E-state index in [-0.39, 0.29) is 5.41 Å². The van der Waals surface area contributed by atoms with Crippen molar-refractivity contribution in [1.82, 2.24) is 0 Å². The molecule has 0 amide bonds. The largest absolute Gasteiger partial charge is 0.0616 e. The Morgan fingerprint density at radius 1 is 0.517 bits per heavy atom. The van der Waals surface area contributed by atoms with E-state index < -0.39 is 0 Å². The highest BCUT2D eigenvalue weighted by molar-refractivity contribution is 9.10. The lowest BCUT2D eigenvalue weighted by Gasteiger charge is -2.23. The third-order valence-electron chi connectivity index (χ3n) is 5.87. The lowest BCUT2D eigenvalue weighted by molar-refractivity contribution is 0.596. The summed E-state index contributed by atoms with van der Waals surface area (Å²) in [5.74, 6) is 0. The van der Waals surface area contributed by atoms with Crippen molar-refractivity contribution in [3.63, 3.8) is 0 Å². The van der Waals surface area contributed by atoms with Crippen LogP contribution in [0.5, 0.6) is 0 Å². The van der Waals surface area contributed by atoms with Crippen LogP contribution in [0.4, 0.5) is 0 Å². The zero-order valence-corrected chi connectivity index (χ0v) is 18.5. The fourth-order valence-electron chi connectivity index (χ4n) is 4.54. The highest BCUT2D eigenvalue weighted by atomic mass is 79.9. The molecule has 0 aliphatic rings. The van der Waals surface area contributed by atoms with Crippen molar-refractivity contribution in [3.05, 3.63) is 95.0 Å². The van der Waals surface area contributed by atoms with Crippen LogP contribution >= 0.6 is 15.9 Å². The quantitative estimate of drug-likeness (QED) is 0.229. The molecule has 0 unspecified atom stereocenters. The number of halogens is 1. The van der Waals surface area contributed by atoms with Crippen LogP contribution in [-0.4, -0.2) is 0 Å². The van der Waals surface area contributed by atoms with Gasteiger partial charge in [-0.05, 0) is 70.4 Å². The first-order chi connectivity index (χ1) is 14.0. The predicted octanol–water partition coefficient (Wildman–Crippen LogP) is 8.87. The van der Waals surface area contributed by atoms with Crippen LogP contribution in [0.3, 0.4) is 0 Å². The molecule has 0 aromatic heterocycles. The van der Waals surface area contributed by atoms with Gasteiger partial charge < -0.3 is 0 Å². The fraction of sp³-hybridized carbons (Fsp3) is 0.143. The van der Waals surface area contributed by atoms with Crippen molar-refractivity contribution >= 4 is 48.2 Å². The van der Waals surface area contributed by atoms with E-state index in [4.69, 9.17) is 0 Å². The van der Waals surface area contributed by atoms with E-state index in [1.165, 1.54) is 53.5 Å². The van der Waals surface area contributed by atoms with E-state index in [1.807, 2.05) is 0 Å². The molecule has 0 spiro atoms. The maximum absolute atomic E-state index is 3.88. The van der Waals surface area contributed by atoms with E-state index in [1.54, 1.807) is 0 Å². The second-order valence-electron chi connectivity index (χ2n) is 8.74. The zero-order valence-electron chi connectivity index (χ0n) is 17.0. The van der Waals surface area contributed by atoms with Gasteiger partial charge in [-0.1, -0.05) is 106 Å². The molecule has 5 rings (SSSR count). The lowest BCUT2D eigenvalue weighted by Crippen LogP contribution is -2.11. The molecule has 5 aromatic rings. The molecule has 0 radical (unpaired) electrons. The van der Waals surface area contributed by atoms with Gasteiger partial charge >= 0.3 is 0 Å². The number of hydrogen-bond donors (Lipinski definition) is 0. The predicted molar refractivity (Wildman–Crippen MR) is 131 cm³/mol. The first kappa shape index (κ1) is 18.4. The van der Waals surface area contributed by atoms with Gasteiger partial charge in [-0.15, -0.1) is 0 Å². The van der Waals surface area contributed by atoms with Crippen LogP contribution in [0.1, 0.15) is 26.3 Å².